The zero-order valence-electron chi connectivity index (χ0n) is 13.2. The van der Waals surface area contributed by atoms with Crippen LogP contribution in [0.3, 0.4) is 0 Å². The van der Waals surface area contributed by atoms with Crippen molar-refractivity contribution in [2.75, 3.05) is 14.1 Å². The molecule has 0 radical (unpaired) electrons. The van der Waals surface area contributed by atoms with E-state index < -0.39 is 0 Å². The highest BCUT2D eigenvalue weighted by Crippen LogP contribution is 2.36. The highest BCUT2D eigenvalue weighted by atomic mass is 127. The molecule has 0 aliphatic carbocycles. The Kier molecular flexibility index (Phi) is 5.33. The third-order valence-electron chi connectivity index (χ3n) is 3.67. The van der Waals surface area contributed by atoms with E-state index in [0.717, 1.165) is 11.9 Å². The third-order valence-corrected chi connectivity index (χ3v) is 6.28. The Morgan fingerprint density at radius 3 is 2.52 bits per heavy atom. The normalized spacial score (nSPS) is 13.3. The number of hydrogen-bond acceptors (Lipinski definition) is 3. The molecule has 1 heterocycles. The van der Waals surface area contributed by atoms with Crippen LogP contribution < -0.4 is 0 Å². The molecule has 0 N–H and O–H groups in total. The van der Waals surface area contributed by atoms with Crippen LogP contribution in [0.5, 0.6) is 0 Å². The Hall–Kier alpha value is -1.40. The smallest absolute Gasteiger partial charge is 0.107 e. The summed E-state index contributed by atoms with van der Waals surface area (Å²) in [5, 5.41) is 1.20. The quantitative estimate of drug-likeness (QED) is 0.375. The molecule has 0 saturated heterocycles. The summed E-state index contributed by atoms with van der Waals surface area (Å²) in [7, 11) is 4.22. The van der Waals surface area contributed by atoms with Gasteiger partial charge in [-0.25, -0.2) is 4.98 Å². The van der Waals surface area contributed by atoms with Crippen molar-refractivity contribution < 1.29 is 0 Å². The molecule has 0 spiro atoms. The van der Waals surface area contributed by atoms with Gasteiger partial charge in [-0.15, -0.1) is 11.3 Å². The summed E-state index contributed by atoms with van der Waals surface area (Å²) in [6.07, 6.45) is 3.24. The lowest BCUT2D eigenvalue weighted by atomic mass is 10.1. The molecule has 118 valence electrons. The van der Waals surface area contributed by atoms with E-state index in [2.05, 4.69) is 102 Å². The van der Waals surface area contributed by atoms with E-state index in [0.29, 0.717) is 3.92 Å². The number of nitrogens with zero attached hydrogens (tertiary/aromatic N) is 2. The van der Waals surface area contributed by atoms with E-state index in [4.69, 9.17) is 4.98 Å². The van der Waals surface area contributed by atoms with Gasteiger partial charge in [-0.2, -0.15) is 0 Å². The largest absolute Gasteiger partial charge is 0.381 e. The first-order valence-corrected chi connectivity index (χ1v) is 9.62. The van der Waals surface area contributed by atoms with Gasteiger partial charge in [0.25, 0.3) is 0 Å². The molecule has 0 bridgehead atoms. The van der Waals surface area contributed by atoms with Crippen LogP contribution in [0.4, 0.5) is 0 Å². The molecule has 4 heteroatoms. The van der Waals surface area contributed by atoms with Gasteiger partial charge in [-0.3, -0.25) is 0 Å². The summed E-state index contributed by atoms with van der Waals surface area (Å²) >= 11 is 4.32. The average molecular weight is 434 g/mol. The van der Waals surface area contributed by atoms with Gasteiger partial charge in [-0.1, -0.05) is 65.1 Å². The fraction of sp³-hybridized carbons (Fsp3) is 0.211. The molecule has 2 aromatic carbocycles. The molecule has 1 aromatic heterocycles. The SMILES string of the molecule is CN(C)C(=Cc1ccccc1)CC(I)c1nc2ccccc2s1. The Bertz CT molecular complexity index is 775. The lowest BCUT2D eigenvalue weighted by molar-refractivity contribution is 0.492. The number of hydrogen-bond donors (Lipinski definition) is 0. The standard InChI is InChI=1S/C19H19IN2S/c1-22(2)15(12-14-8-4-3-5-9-14)13-16(20)19-21-17-10-6-7-11-18(17)23-19/h3-12,16H,13H2,1-2H3. The molecule has 1 unspecified atom stereocenters. The van der Waals surface area contributed by atoms with Crippen molar-refractivity contribution >= 4 is 50.2 Å². The summed E-state index contributed by atoms with van der Waals surface area (Å²) in [4.78, 5) is 7.00. The molecule has 1 atom stereocenters. The molecule has 0 aliphatic rings. The van der Waals surface area contributed by atoms with Gasteiger partial charge >= 0.3 is 0 Å². The van der Waals surface area contributed by atoms with Crippen LogP contribution in [0, 0.1) is 0 Å². The number of halogens is 1. The van der Waals surface area contributed by atoms with Crippen LogP contribution in [0.15, 0.2) is 60.3 Å². The van der Waals surface area contributed by atoms with Gasteiger partial charge in [0.1, 0.15) is 5.01 Å². The Morgan fingerprint density at radius 1 is 1.13 bits per heavy atom. The van der Waals surface area contributed by atoms with Crippen LogP contribution >= 0.6 is 33.9 Å². The highest BCUT2D eigenvalue weighted by molar-refractivity contribution is 14.1. The maximum atomic E-state index is 4.80. The van der Waals surface area contributed by atoms with Crippen molar-refractivity contribution in [2.24, 2.45) is 0 Å². The van der Waals surface area contributed by atoms with E-state index in [1.54, 1.807) is 11.3 Å². The molecule has 0 aliphatic heterocycles. The van der Waals surface area contributed by atoms with E-state index in [1.165, 1.54) is 21.0 Å². The lowest BCUT2D eigenvalue weighted by Crippen LogP contribution is -2.12. The number of aromatic nitrogens is 1. The van der Waals surface area contributed by atoms with E-state index in [-0.39, 0.29) is 0 Å². The van der Waals surface area contributed by atoms with E-state index >= 15 is 0 Å². The van der Waals surface area contributed by atoms with Gasteiger partial charge in [0.05, 0.1) is 14.1 Å². The fourth-order valence-corrected chi connectivity index (χ4v) is 4.32. The van der Waals surface area contributed by atoms with Crippen LogP contribution in [0.1, 0.15) is 20.9 Å². The molecule has 0 saturated carbocycles. The minimum absolute atomic E-state index is 0.377. The minimum atomic E-state index is 0.377. The summed E-state index contributed by atoms with van der Waals surface area (Å²) in [6.45, 7) is 0. The molecular formula is C19H19IN2S. The van der Waals surface area contributed by atoms with Crippen molar-refractivity contribution in [3.8, 4) is 0 Å². The first-order chi connectivity index (χ1) is 11.1. The summed E-state index contributed by atoms with van der Waals surface area (Å²) in [5.74, 6) is 0. The van der Waals surface area contributed by atoms with Gasteiger partial charge in [0, 0.05) is 26.2 Å². The second kappa shape index (κ2) is 7.45. The second-order valence-electron chi connectivity index (χ2n) is 5.63. The van der Waals surface area contributed by atoms with E-state index in [1.807, 2.05) is 0 Å². The molecule has 23 heavy (non-hydrogen) atoms. The number of para-hydroxylation sites is 1. The first kappa shape index (κ1) is 16.5. The van der Waals surface area contributed by atoms with Crippen molar-refractivity contribution in [1.82, 2.24) is 9.88 Å². The monoisotopic (exact) mass is 434 g/mol. The fourth-order valence-electron chi connectivity index (χ4n) is 2.41. The minimum Gasteiger partial charge on any atom is -0.381 e. The molecule has 3 aromatic rings. The van der Waals surface area contributed by atoms with Crippen LogP contribution in [0.25, 0.3) is 16.3 Å². The number of alkyl halides is 1. The number of thiazole rings is 1. The highest BCUT2D eigenvalue weighted by Gasteiger charge is 2.16. The van der Waals surface area contributed by atoms with Gasteiger partial charge < -0.3 is 4.90 Å². The maximum Gasteiger partial charge on any atom is 0.107 e. The third kappa shape index (κ3) is 4.12. The summed E-state index contributed by atoms with van der Waals surface area (Å²) in [6, 6.07) is 18.9. The number of allylic oxidation sites excluding steroid dienone is 1. The summed E-state index contributed by atoms with van der Waals surface area (Å²) in [5.41, 5.74) is 3.66. The molecule has 0 amide bonds. The van der Waals surface area contributed by atoms with Gasteiger partial charge in [0.2, 0.25) is 0 Å². The van der Waals surface area contributed by atoms with Gasteiger partial charge in [0.15, 0.2) is 0 Å². The van der Waals surface area contributed by atoms with Gasteiger partial charge in [-0.05, 0) is 23.8 Å². The van der Waals surface area contributed by atoms with Crippen LogP contribution in [-0.2, 0) is 0 Å². The zero-order chi connectivity index (χ0) is 16.2. The van der Waals surface area contributed by atoms with Crippen molar-refractivity contribution in [1.29, 1.82) is 0 Å². The van der Waals surface area contributed by atoms with Crippen molar-refractivity contribution in [2.45, 2.75) is 10.3 Å². The Labute approximate surface area is 155 Å². The lowest BCUT2D eigenvalue weighted by Gasteiger charge is -2.19. The predicted octanol–water partition coefficient (Wildman–Crippen LogP) is 5.77. The first-order valence-electron chi connectivity index (χ1n) is 7.56. The maximum absolute atomic E-state index is 4.80. The van der Waals surface area contributed by atoms with Crippen LogP contribution in [-0.4, -0.2) is 24.0 Å². The summed E-state index contributed by atoms with van der Waals surface area (Å²) < 4.78 is 1.64. The molecule has 0 fully saturated rings. The molecular weight excluding hydrogens is 415 g/mol. The molecule has 2 nitrogen and oxygen atoms in total. The number of benzene rings is 2. The van der Waals surface area contributed by atoms with E-state index in [9.17, 15) is 0 Å². The number of rotatable bonds is 5. The van der Waals surface area contributed by atoms with Crippen LogP contribution in [0.2, 0.25) is 0 Å². The zero-order valence-corrected chi connectivity index (χ0v) is 16.2. The van der Waals surface area contributed by atoms with Crippen molar-refractivity contribution in [3.05, 3.63) is 70.9 Å². The number of fused-ring (bicyclic) bond motifs is 1. The second-order valence-corrected chi connectivity index (χ2v) is 8.20. The average Bonchev–Trinajstić information content (AvgIpc) is 2.99. The predicted molar refractivity (Wildman–Crippen MR) is 109 cm³/mol. The molecule has 3 rings (SSSR count). The van der Waals surface area contributed by atoms with Crippen molar-refractivity contribution in [3.63, 3.8) is 0 Å². The topological polar surface area (TPSA) is 16.1 Å². The Balaban J connectivity index is 1.83. The Morgan fingerprint density at radius 2 is 1.83 bits per heavy atom.